The van der Waals surface area contributed by atoms with Crippen LogP contribution in [-0.4, -0.2) is 26.7 Å². The lowest BCUT2D eigenvalue weighted by molar-refractivity contribution is -0.137. The first-order valence-corrected chi connectivity index (χ1v) is 6.72. The number of ether oxygens (including phenoxy) is 1. The van der Waals surface area contributed by atoms with Crippen molar-refractivity contribution in [3.8, 4) is 0 Å². The fraction of sp³-hybridized carbons (Fsp3) is 0.267. The van der Waals surface area contributed by atoms with Crippen molar-refractivity contribution >= 4 is 12.1 Å². The summed E-state index contributed by atoms with van der Waals surface area (Å²) in [5, 5.41) is 11.5. The summed E-state index contributed by atoms with van der Waals surface area (Å²) in [6.07, 6.45) is 2.27. The molecule has 2 rings (SSSR count). The molecule has 0 unspecified atom stereocenters. The largest absolute Gasteiger partial charge is 0.481 e. The molecule has 0 saturated heterocycles. The highest BCUT2D eigenvalue weighted by Crippen LogP contribution is 2.14. The number of carboxylic acid groups (broad SMARTS) is 1. The second-order valence-electron chi connectivity index (χ2n) is 4.75. The molecule has 116 valence electrons. The van der Waals surface area contributed by atoms with Crippen LogP contribution in [0.3, 0.4) is 0 Å². The number of hydrogen-bond acceptors (Lipinski definition) is 4. The number of alkyl carbamates (subject to hydrolysis) is 1. The van der Waals surface area contributed by atoms with Gasteiger partial charge < -0.3 is 19.7 Å². The van der Waals surface area contributed by atoms with Crippen molar-refractivity contribution in [1.82, 2.24) is 14.9 Å². The lowest BCUT2D eigenvalue weighted by Crippen LogP contribution is -2.32. The number of amides is 1. The molecule has 0 aliphatic rings. The molecular weight excluding hydrogens is 286 g/mol. The van der Waals surface area contributed by atoms with Crippen molar-refractivity contribution in [1.29, 1.82) is 0 Å². The Morgan fingerprint density at radius 3 is 2.68 bits per heavy atom. The first-order valence-electron chi connectivity index (χ1n) is 6.72. The van der Waals surface area contributed by atoms with Crippen LogP contribution in [0, 0.1) is 0 Å². The van der Waals surface area contributed by atoms with Gasteiger partial charge >= 0.3 is 12.1 Å². The number of aryl methyl sites for hydroxylation is 1. The van der Waals surface area contributed by atoms with Gasteiger partial charge in [0.1, 0.15) is 18.5 Å². The van der Waals surface area contributed by atoms with Crippen LogP contribution in [0.25, 0.3) is 0 Å². The average Bonchev–Trinajstić information content (AvgIpc) is 2.91. The molecule has 1 amide bonds. The minimum absolute atomic E-state index is 0.118. The smallest absolute Gasteiger partial charge is 0.408 e. The van der Waals surface area contributed by atoms with Crippen molar-refractivity contribution < 1.29 is 19.4 Å². The fourth-order valence-corrected chi connectivity index (χ4v) is 2.00. The summed E-state index contributed by atoms with van der Waals surface area (Å²) in [6, 6.07) is 8.48. The molecular formula is C15H17N3O4. The van der Waals surface area contributed by atoms with Crippen LogP contribution in [0.1, 0.15) is 23.9 Å². The van der Waals surface area contributed by atoms with Crippen LogP contribution in [0.5, 0.6) is 0 Å². The second kappa shape index (κ2) is 7.26. The number of rotatable bonds is 6. The van der Waals surface area contributed by atoms with Gasteiger partial charge in [0.05, 0.1) is 6.42 Å². The molecule has 0 fully saturated rings. The Kier molecular flexibility index (Phi) is 5.13. The third kappa shape index (κ3) is 4.34. The molecule has 0 bridgehead atoms. The highest BCUT2D eigenvalue weighted by atomic mass is 16.5. The van der Waals surface area contributed by atoms with Crippen LogP contribution < -0.4 is 5.32 Å². The van der Waals surface area contributed by atoms with Gasteiger partial charge in [-0.1, -0.05) is 30.3 Å². The zero-order valence-corrected chi connectivity index (χ0v) is 12.1. The molecule has 7 heteroatoms. The molecule has 1 aromatic heterocycles. The molecule has 1 atom stereocenters. The van der Waals surface area contributed by atoms with Gasteiger partial charge in [0, 0.05) is 19.4 Å². The molecule has 0 aliphatic carbocycles. The number of carbonyl (C=O) groups excluding carboxylic acids is 1. The Morgan fingerprint density at radius 2 is 2.09 bits per heavy atom. The van der Waals surface area contributed by atoms with Crippen LogP contribution in [0.15, 0.2) is 42.7 Å². The Balaban J connectivity index is 1.96. The number of carbonyl (C=O) groups is 2. The zero-order chi connectivity index (χ0) is 15.9. The average molecular weight is 303 g/mol. The van der Waals surface area contributed by atoms with Gasteiger partial charge in [0.15, 0.2) is 0 Å². The summed E-state index contributed by atoms with van der Waals surface area (Å²) in [7, 11) is 1.73. The van der Waals surface area contributed by atoms with Crippen LogP contribution in [0.4, 0.5) is 4.79 Å². The van der Waals surface area contributed by atoms with Gasteiger partial charge in [0.25, 0.3) is 0 Å². The van der Waals surface area contributed by atoms with Gasteiger partial charge in [-0.3, -0.25) is 4.79 Å². The third-order valence-corrected chi connectivity index (χ3v) is 3.05. The SMILES string of the molecule is Cn1ccnc1[C@H](CC(=O)O)NC(=O)OCc1ccccc1. The molecule has 7 nitrogen and oxygen atoms in total. The van der Waals surface area contributed by atoms with Crippen molar-refractivity contribution in [2.45, 2.75) is 19.1 Å². The summed E-state index contributed by atoms with van der Waals surface area (Å²) in [5.41, 5.74) is 0.851. The predicted molar refractivity (Wildman–Crippen MR) is 78.0 cm³/mol. The maximum atomic E-state index is 11.9. The quantitative estimate of drug-likeness (QED) is 0.849. The Morgan fingerprint density at radius 1 is 1.36 bits per heavy atom. The summed E-state index contributed by atoms with van der Waals surface area (Å²) in [6.45, 7) is 0.118. The normalized spacial score (nSPS) is 11.7. The monoisotopic (exact) mass is 303 g/mol. The Labute approximate surface area is 127 Å². The minimum atomic E-state index is -1.03. The van der Waals surface area contributed by atoms with Crippen LogP contribution >= 0.6 is 0 Å². The molecule has 0 spiro atoms. The minimum Gasteiger partial charge on any atom is -0.481 e. The summed E-state index contributed by atoms with van der Waals surface area (Å²) in [5.74, 6) is -0.574. The summed E-state index contributed by atoms with van der Waals surface area (Å²) >= 11 is 0. The Bertz CT molecular complexity index is 639. The topological polar surface area (TPSA) is 93.5 Å². The van der Waals surface area contributed by atoms with E-state index in [2.05, 4.69) is 10.3 Å². The second-order valence-corrected chi connectivity index (χ2v) is 4.75. The molecule has 1 aromatic carbocycles. The van der Waals surface area contributed by atoms with Crippen LogP contribution in [-0.2, 0) is 23.2 Å². The van der Waals surface area contributed by atoms with E-state index >= 15 is 0 Å². The molecule has 0 radical (unpaired) electrons. The molecule has 22 heavy (non-hydrogen) atoms. The van der Waals surface area contributed by atoms with E-state index in [-0.39, 0.29) is 13.0 Å². The molecule has 1 heterocycles. The number of nitrogens with one attached hydrogen (secondary N) is 1. The number of nitrogens with zero attached hydrogens (tertiary/aromatic N) is 2. The predicted octanol–water partition coefficient (Wildman–Crippen LogP) is 1.86. The number of imidazole rings is 1. The van der Waals surface area contributed by atoms with Gasteiger partial charge in [0.2, 0.25) is 0 Å². The molecule has 0 saturated carbocycles. The maximum Gasteiger partial charge on any atom is 0.408 e. The number of aromatic nitrogens is 2. The van der Waals surface area contributed by atoms with E-state index in [1.807, 2.05) is 30.3 Å². The standard InChI is InChI=1S/C15H17N3O4/c1-18-8-7-16-14(18)12(9-13(19)20)17-15(21)22-10-11-5-3-2-4-6-11/h2-8,12H,9-10H2,1H3,(H,17,21)(H,19,20)/t12-/m0/s1. The van der Waals surface area contributed by atoms with Crippen molar-refractivity contribution in [2.75, 3.05) is 0 Å². The fourth-order valence-electron chi connectivity index (χ4n) is 2.00. The van der Waals surface area contributed by atoms with Crippen molar-refractivity contribution in [3.05, 3.63) is 54.1 Å². The van der Waals surface area contributed by atoms with Crippen molar-refractivity contribution in [3.63, 3.8) is 0 Å². The van der Waals surface area contributed by atoms with E-state index in [4.69, 9.17) is 9.84 Å². The van der Waals surface area contributed by atoms with E-state index in [0.29, 0.717) is 5.82 Å². The van der Waals surface area contributed by atoms with E-state index in [0.717, 1.165) is 5.56 Å². The van der Waals surface area contributed by atoms with Gasteiger partial charge in [-0.25, -0.2) is 9.78 Å². The van der Waals surface area contributed by atoms with E-state index < -0.39 is 18.1 Å². The van der Waals surface area contributed by atoms with E-state index in [9.17, 15) is 9.59 Å². The number of aliphatic carboxylic acids is 1. The molecule has 2 aromatic rings. The molecule has 0 aliphatic heterocycles. The lowest BCUT2D eigenvalue weighted by Gasteiger charge is -2.16. The van der Waals surface area contributed by atoms with Gasteiger partial charge in [-0.2, -0.15) is 0 Å². The van der Waals surface area contributed by atoms with Gasteiger partial charge in [-0.15, -0.1) is 0 Å². The molecule has 2 N–H and O–H groups in total. The third-order valence-electron chi connectivity index (χ3n) is 3.05. The number of hydrogen-bond donors (Lipinski definition) is 2. The van der Waals surface area contributed by atoms with Crippen LogP contribution in [0.2, 0.25) is 0 Å². The van der Waals surface area contributed by atoms with Crippen molar-refractivity contribution in [2.24, 2.45) is 7.05 Å². The number of benzene rings is 1. The maximum absolute atomic E-state index is 11.9. The lowest BCUT2D eigenvalue weighted by atomic mass is 10.2. The first-order chi connectivity index (χ1) is 10.6. The Hall–Kier alpha value is -2.83. The van der Waals surface area contributed by atoms with Gasteiger partial charge in [-0.05, 0) is 5.56 Å². The number of carboxylic acids is 1. The first kappa shape index (κ1) is 15.6. The van der Waals surface area contributed by atoms with E-state index in [1.54, 1.807) is 24.0 Å². The highest BCUT2D eigenvalue weighted by Gasteiger charge is 2.22. The van der Waals surface area contributed by atoms with E-state index in [1.165, 1.54) is 0 Å². The summed E-state index contributed by atoms with van der Waals surface area (Å²) < 4.78 is 6.76. The highest BCUT2D eigenvalue weighted by molar-refractivity contribution is 5.71. The summed E-state index contributed by atoms with van der Waals surface area (Å²) in [4.78, 5) is 26.9. The zero-order valence-electron chi connectivity index (χ0n) is 12.1.